The summed E-state index contributed by atoms with van der Waals surface area (Å²) < 4.78 is 5.38. The van der Waals surface area contributed by atoms with Crippen LogP contribution in [0.25, 0.3) is 6.08 Å². The number of thioether (sulfide) groups is 1. The van der Waals surface area contributed by atoms with E-state index in [-0.39, 0.29) is 10.5 Å². The maximum atomic E-state index is 12.7. The number of hydrogen-bond donors (Lipinski definition) is 2. The summed E-state index contributed by atoms with van der Waals surface area (Å²) >= 11 is 0.741. The summed E-state index contributed by atoms with van der Waals surface area (Å²) in [4.78, 5) is 51.9. The lowest BCUT2D eigenvalue weighted by molar-refractivity contribution is -0.127. The molecule has 0 spiro atoms. The number of carboxylic acids is 1. The predicted molar refractivity (Wildman–Crippen MR) is 124 cm³/mol. The van der Waals surface area contributed by atoms with Gasteiger partial charge in [0.1, 0.15) is 6.54 Å². The van der Waals surface area contributed by atoms with Crippen molar-refractivity contribution in [2.45, 2.75) is 0 Å². The van der Waals surface area contributed by atoms with Crippen LogP contribution in [-0.2, 0) is 14.3 Å². The van der Waals surface area contributed by atoms with Gasteiger partial charge < -0.3 is 20.1 Å². The molecule has 0 radical (unpaired) electrons. The van der Waals surface area contributed by atoms with Gasteiger partial charge in [0, 0.05) is 13.1 Å². The normalized spacial score (nSPS) is 17.5. The lowest BCUT2D eigenvalue weighted by atomic mass is 10.1. The molecule has 0 bridgehead atoms. The SMILES string of the molecule is O=C(CN1C(=O)S/C(=C\c2ccc(C(=O)O)cc2)C1=O)Nc1ccccc1N1CCOCC1. The minimum atomic E-state index is -1.05. The number of carbonyl (C=O) groups excluding carboxylic acids is 3. The molecular weight excluding hydrogens is 446 g/mol. The van der Waals surface area contributed by atoms with Crippen molar-refractivity contribution in [3.05, 3.63) is 64.6 Å². The summed E-state index contributed by atoms with van der Waals surface area (Å²) in [6, 6.07) is 13.3. The lowest BCUT2D eigenvalue weighted by Gasteiger charge is -2.30. The molecular formula is C23H21N3O6S. The monoisotopic (exact) mass is 467 g/mol. The molecule has 0 atom stereocenters. The number of amides is 3. The van der Waals surface area contributed by atoms with E-state index < -0.39 is 29.6 Å². The van der Waals surface area contributed by atoms with Crippen molar-refractivity contribution in [1.82, 2.24) is 4.90 Å². The van der Waals surface area contributed by atoms with E-state index in [0.717, 1.165) is 22.3 Å². The van der Waals surface area contributed by atoms with E-state index in [1.807, 2.05) is 12.1 Å². The molecule has 2 fully saturated rings. The number of nitrogens with zero attached hydrogens (tertiary/aromatic N) is 2. The highest BCUT2D eigenvalue weighted by Crippen LogP contribution is 2.32. The Morgan fingerprint density at radius 2 is 1.76 bits per heavy atom. The van der Waals surface area contributed by atoms with Crippen LogP contribution in [-0.4, -0.2) is 65.9 Å². The van der Waals surface area contributed by atoms with E-state index in [1.165, 1.54) is 18.2 Å². The Bertz CT molecular complexity index is 1130. The first kappa shape index (κ1) is 22.6. The van der Waals surface area contributed by atoms with Crippen LogP contribution in [0.15, 0.2) is 53.4 Å². The number of ether oxygens (including phenoxy) is 1. The van der Waals surface area contributed by atoms with E-state index in [2.05, 4.69) is 10.2 Å². The molecule has 0 unspecified atom stereocenters. The molecule has 0 aliphatic carbocycles. The first-order valence-corrected chi connectivity index (χ1v) is 11.0. The Hall–Kier alpha value is -3.63. The van der Waals surface area contributed by atoms with Crippen LogP contribution in [0.1, 0.15) is 15.9 Å². The van der Waals surface area contributed by atoms with Crippen LogP contribution in [0.5, 0.6) is 0 Å². The van der Waals surface area contributed by atoms with Crippen molar-refractivity contribution >= 4 is 52.2 Å². The van der Waals surface area contributed by atoms with Gasteiger partial charge in [0.05, 0.1) is 35.1 Å². The van der Waals surface area contributed by atoms with Gasteiger partial charge in [-0.15, -0.1) is 0 Å². The molecule has 2 aliphatic rings. The molecule has 0 aromatic heterocycles. The highest BCUT2D eigenvalue weighted by atomic mass is 32.2. The topological polar surface area (TPSA) is 116 Å². The Morgan fingerprint density at radius 1 is 1.06 bits per heavy atom. The molecule has 4 rings (SSSR count). The summed E-state index contributed by atoms with van der Waals surface area (Å²) in [5, 5.41) is 11.2. The van der Waals surface area contributed by atoms with Crippen LogP contribution >= 0.6 is 11.8 Å². The van der Waals surface area contributed by atoms with Crippen LogP contribution in [0.3, 0.4) is 0 Å². The number of nitrogens with one attached hydrogen (secondary N) is 1. The van der Waals surface area contributed by atoms with Gasteiger partial charge in [-0.1, -0.05) is 24.3 Å². The number of para-hydroxylation sites is 2. The largest absolute Gasteiger partial charge is 0.478 e. The quantitative estimate of drug-likeness (QED) is 0.623. The number of morpholine rings is 1. The maximum Gasteiger partial charge on any atom is 0.335 e. The second-order valence-electron chi connectivity index (χ2n) is 7.36. The molecule has 2 N–H and O–H groups in total. The number of imide groups is 1. The maximum absolute atomic E-state index is 12.7. The third-order valence-corrected chi connectivity index (χ3v) is 6.07. The number of anilines is 2. The minimum Gasteiger partial charge on any atom is -0.478 e. The number of carboxylic acid groups (broad SMARTS) is 1. The Morgan fingerprint density at radius 3 is 2.45 bits per heavy atom. The third-order valence-electron chi connectivity index (χ3n) is 5.16. The molecule has 9 nitrogen and oxygen atoms in total. The number of benzene rings is 2. The minimum absolute atomic E-state index is 0.120. The first-order valence-electron chi connectivity index (χ1n) is 10.2. The van der Waals surface area contributed by atoms with Crippen LogP contribution < -0.4 is 10.2 Å². The molecule has 2 aromatic rings. The Kier molecular flexibility index (Phi) is 6.76. The summed E-state index contributed by atoms with van der Waals surface area (Å²) in [6.45, 7) is 2.20. The number of aromatic carboxylic acids is 1. The standard InChI is InChI=1S/C23H21N3O6S/c27-20(24-17-3-1-2-4-18(17)25-9-11-32-12-10-25)14-26-21(28)19(33-23(26)31)13-15-5-7-16(8-6-15)22(29)30/h1-8,13H,9-12,14H2,(H,24,27)(H,29,30)/b19-13-. The van der Waals surface area contributed by atoms with Gasteiger partial charge in [-0.25, -0.2) is 4.79 Å². The number of carbonyl (C=O) groups is 4. The highest BCUT2D eigenvalue weighted by molar-refractivity contribution is 8.18. The molecule has 2 heterocycles. The van der Waals surface area contributed by atoms with Gasteiger partial charge in [0.25, 0.3) is 11.1 Å². The third kappa shape index (κ3) is 5.24. The molecule has 2 aliphatic heterocycles. The lowest BCUT2D eigenvalue weighted by Crippen LogP contribution is -2.38. The molecule has 33 heavy (non-hydrogen) atoms. The van der Waals surface area contributed by atoms with Gasteiger partial charge in [-0.05, 0) is 47.7 Å². The van der Waals surface area contributed by atoms with Crippen molar-refractivity contribution < 1.29 is 29.0 Å². The van der Waals surface area contributed by atoms with Crippen molar-refractivity contribution in [2.24, 2.45) is 0 Å². The van der Waals surface area contributed by atoms with E-state index in [4.69, 9.17) is 9.84 Å². The Balaban J connectivity index is 1.43. The van der Waals surface area contributed by atoms with Crippen molar-refractivity contribution in [2.75, 3.05) is 43.1 Å². The molecule has 2 saturated heterocycles. The van der Waals surface area contributed by atoms with E-state index in [1.54, 1.807) is 24.3 Å². The fourth-order valence-electron chi connectivity index (χ4n) is 3.50. The van der Waals surface area contributed by atoms with Gasteiger partial charge in [-0.2, -0.15) is 0 Å². The van der Waals surface area contributed by atoms with Crippen molar-refractivity contribution in [3.63, 3.8) is 0 Å². The first-order chi connectivity index (χ1) is 15.9. The zero-order valence-electron chi connectivity index (χ0n) is 17.5. The average molecular weight is 468 g/mol. The Labute approximate surface area is 194 Å². The summed E-state index contributed by atoms with van der Waals surface area (Å²) in [5.41, 5.74) is 2.15. The fourth-order valence-corrected chi connectivity index (χ4v) is 4.34. The second-order valence-corrected chi connectivity index (χ2v) is 8.35. The van der Waals surface area contributed by atoms with Crippen molar-refractivity contribution in [3.8, 4) is 0 Å². The van der Waals surface area contributed by atoms with E-state index in [9.17, 15) is 19.2 Å². The zero-order chi connectivity index (χ0) is 23.4. The van der Waals surface area contributed by atoms with Gasteiger partial charge >= 0.3 is 5.97 Å². The van der Waals surface area contributed by atoms with Gasteiger partial charge in [-0.3, -0.25) is 19.3 Å². The van der Waals surface area contributed by atoms with Crippen molar-refractivity contribution in [1.29, 1.82) is 0 Å². The fraction of sp³-hybridized carbons (Fsp3) is 0.217. The molecule has 3 amide bonds. The molecule has 10 heteroatoms. The highest BCUT2D eigenvalue weighted by Gasteiger charge is 2.36. The van der Waals surface area contributed by atoms with Crippen LogP contribution in [0, 0.1) is 0 Å². The number of rotatable bonds is 6. The smallest absolute Gasteiger partial charge is 0.335 e. The predicted octanol–water partition coefficient (Wildman–Crippen LogP) is 2.90. The zero-order valence-corrected chi connectivity index (χ0v) is 18.3. The van der Waals surface area contributed by atoms with Crippen LogP contribution in [0.2, 0.25) is 0 Å². The second kappa shape index (κ2) is 9.88. The summed E-state index contributed by atoms with van der Waals surface area (Å²) in [7, 11) is 0. The van der Waals surface area contributed by atoms with Crippen LogP contribution in [0.4, 0.5) is 16.2 Å². The summed E-state index contributed by atoms with van der Waals surface area (Å²) in [6.07, 6.45) is 1.50. The van der Waals surface area contributed by atoms with Gasteiger partial charge in [0.15, 0.2) is 0 Å². The number of hydrogen-bond acceptors (Lipinski definition) is 7. The van der Waals surface area contributed by atoms with Gasteiger partial charge in [0.2, 0.25) is 5.91 Å². The van der Waals surface area contributed by atoms with E-state index in [0.29, 0.717) is 37.6 Å². The molecule has 2 aromatic carbocycles. The summed E-state index contributed by atoms with van der Waals surface area (Å²) in [5.74, 6) is -2.10. The molecule has 170 valence electrons. The van der Waals surface area contributed by atoms with E-state index >= 15 is 0 Å². The average Bonchev–Trinajstić information content (AvgIpc) is 3.07. The molecule has 0 saturated carbocycles.